The van der Waals surface area contributed by atoms with Crippen LogP contribution < -0.4 is 10.6 Å². The van der Waals surface area contributed by atoms with Crippen LogP contribution in [-0.2, 0) is 9.53 Å². The largest absolute Gasteiger partial charge is 0.504 e. The van der Waals surface area contributed by atoms with E-state index in [0.717, 1.165) is 23.4 Å². The number of aromatic nitrogens is 5. The fourth-order valence-corrected chi connectivity index (χ4v) is 6.81. The predicted octanol–water partition coefficient (Wildman–Crippen LogP) is 3.54. The summed E-state index contributed by atoms with van der Waals surface area (Å²) >= 11 is 0. The van der Waals surface area contributed by atoms with E-state index in [4.69, 9.17) is 4.74 Å². The van der Waals surface area contributed by atoms with Gasteiger partial charge in [-0.2, -0.15) is 0 Å². The summed E-state index contributed by atoms with van der Waals surface area (Å²) in [5.74, 6) is 0.255. The molecule has 2 fully saturated rings. The Kier molecular flexibility index (Phi) is 7.93. The van der Waals surface area contributed by atoms with E-state index in [-0.39, 0.29) is 35.7 Å². The van der Waals surface area contributed by atoms with Crippen molar-refractivity contribution in [3.05, 3.63) is 70.7 Å². The van der Waals surface area contributed by atoms with Crippen LogP contribution in [0.1, 0.15) is 83.2 Å². The van der Waals surface area contributed by atoms with Crippen LogP contribution >= 0.6 is 0 Å². The van der Waals surface area contributed by atoms with E-state index < -0.39 is 5.41 Å². The number of H-pyrrole nitrogens is 1. The lowest BCUT2D eigenvalue weighted by atomic mass is 9.72. The van der Waals surface area contributed by atoms with Gasteiger partial charge in [0.2, 0.25) is 5.91 Å². The molecule has 0 atom stereocenters. The summed E-state index contributed by atoms with van der Waals surface area (Å²) < 4.78 is 5.39. The minimum absolute atomic E-state index is 0.0123. The van der Waals surface area contributed by atoms with Gasteiger partial charge in [0.05, 0.1) is 25.5 Å². The average molecular weight is 627 g/mol. The molecule has 2 aromatic heterocycles. The molecule has 0 bridgehead atoms. The number of aromatic hydroxyl groups is 1. The Labute approximate surface area is 266 Å². The number of hydrogen-bond donors (Lipinski definition) is 4. The number of amides is 2. The summed E-state index contributed by atoms with van der Waals surface area (Å²) in [5, 5.41) is 24.2. The second-order valence-electron chi connectivity index (χ2n) is 12.6. The monoisotopic (exact) mass is 626 g/mol. The van der Waals surface area contributed by atoms with E-state index in [9.17, 15) is 19.5 Å². The molecule has 46 heavy (non-hydrogen) atoms. The zero-order valence-corrected chi connectivity index (χ0v) is 25.8. The Morgan fingerprint density at radius 1 is 1.07 bits per heavy atom. The molecule has 13 nitrogen and oxygen atoms in total. The summed E-state index contributed by atoms with van der Waals surface area (Å²) in [5.41, 5.74) is 4.19. The highest BCUT2D eigenvalue weighted by atomic mass is 16.5. The van der Waals surface area contributed by atoms with Crippen LogP contribution in [0, 0.1) is 12.3 Å². The van der Waals surface area contributed by atoms with E-state index in [1.165, 1.54) is 29.5 Å². The van der Waals surface area contributed by atoms with Gasteiger partial charge in [0, 0.05) is 35.5 Å². The molecule has 7 rings (SSSR count). The topological polar surface area (TPSA) is 167 Å². The number of aryl methyl sites for hydroxylation is 1. The van der Waals surface area contributed by atoms with Crippen LogP contribution in [0.25, 0.3) is 5.57 Å². The SMILES string of the molecule is Cc1ncnc(C(=O)N2CCC3(CCC(NCC(=O)Nc4ccc(C5CC5)cc4)=C3C(=O)n3nc(C4=CCOCC4)[nH]3)CC2)c1O. The maximum atomic E-state index is 14.1. The summed E-state index contributed by atoms with van der Waals surface area (Å²) in [6.07, 6.45) is 8.78. The smallest absolute Gasteiger partial charge is 0.291 e. The number of benzene rings is 1. The number of carbonyl (C=O) groups excluding carboxylic acids is 3. The molecule has 0 radical (unpaired) electrons. The van der Waals surface area contributed by atoms with Crippen molar-refractivity contribution in [1.29, 1.82) is 0 Å². The van der Waals surface area contributed by atoms with Crippen molar-refractivity contribution < 1.29 is 24.2 Å². The zero-order chi connectivity index (χ0) is 31.8. The molecule has 1 saturated heterocycles. The van der Waals surface area contributed by atoms with E-state index in [1.807, 2.05) is 18.2 Å². The van der Waals surface area contributed by atoms with Gasteiger partial charge in [0.25, 0.3) is 11.8 Å². The zero-order valence-electron chi connectivity index (χ0n) is 25.8. The summed E-state index contributed by atoms with van der Waals surface area (Å²) in [4.78, 5) is 51.2. The quantitative estimate of drug-likeness (QED) is 0.292. The molecule has 1 spiro atoms. The lowest BCUT2D eigenvalue weighted by molar-refractivity contribution is -0.115. The van der Waals surface area contributed by atoms with Gasteiger partial charge in [-0.25, -0.2) is 9.97 Å². The Morgan fingerprint density at radius 2 is 1.83 bits per heavy atom. The van der Waals surface area contributed by atoms with Crippen molar-refractivity contribution in [1.82, 2.24) is 35.2 Å². The Balaban J connectivity index is 1.08. The first kappa shape index (κ1) is 29.9. The fraction of sp³-hybridized carbons (Fsp3) is 0.455. The third kappa shape index (κ3) is 5.82. The van der Waals surface area contributed by atoms with Crippen molar-refractivity contribution in [2.75, 3.05) is 38.2 Å². The molecule has 2 aliphatic carbocycles. The number of anilines is 1. The van der Waals surface area contributed by atoms with Gasteiger partial charge in [-0.05, 0) is 81.1 Å². The van der Waals surface area contributed by atoms with Crippen LogP contribution in [-0.4, -0.2) is 85.5 Å². The number of allylic oxidation sites excluding steroid dienone is 2. The summed E-state index contributed by atoms with van der Waals surface area (Å²) in [7, 11) is 0. The molecule has 1 aromatic carbocycles. The van der Waals surface area contributed by atoms with Crippen molar-refractivity contribution in [3.8, 4) is 5.75 Å². The number of hydrogen-bond acceptors (Lipinski definition) is 9. The predicted molar refractivity (Wildman–Crippen MR) is 168 cm³/mol. The second-order valence-corrected chi connectivity index (χ2v) is 12.6. The number of nitrogens with zero attached hydrogens (tertiary/aromatic N) is 5. The molecular weight excluding hydrogens is 588 g/mol. The van der Waals surface area contributed by atoms with Crippen LogP contribution in [0.15, 0.2) is 47.9 Å². The molecular formula is C33H38N8O5. The molecule has 4 N–H and O–H groups in total. The Morgan fingerprint density at radius 3 is 2.52 bits per heavy atom. The number of ether oxygens (including phenoxy) is 1. The number of likely N-dealkylation sites (tertiary alicyclic amines) is 1. The van der Waals surface area contributed by atoms with E-state index in [1.54, 1.807) is 11.8 Å². The van der Waals surface area contributed by atoms with Gasteiger partial charge >= 0.3 is 0 Å². The molecule has 240 valence electrons. The standard InChI is InChI=1S/C33H38N8O5/c1-20-29(43)28(36-19-35-20)32(45)40-14-12-33(13-15-40)11-8-25(27(33)31(44)41-38-30(39-41)23-9-16-46-17-10-23)34-18-26(42)37-24-6-4-22(5-7-24)21-2-3-21/h4-7,9,19,21,34,43H,2-3,8,10-18H2,1H3,(H,37,42)(H,38,39). The maximum Gasteiger partial charge on any atom is 0.291 e. The van der Waals surface area contributed by atoms with Crippen LogP contribution in [0.4, 0.5) is 5.69 Å². The fourth-order valence-electron chi connectivity index (χ4n) is 6.81. The number of nitrogens with one attached hydrogen (secondary N) is 3. The van der Waals surface area contributed by atoms with Crippen LogP contribution in [0.2, 0.25) is 0 Å². The van der Waals surface area contributed by atoms with Crippen molar-refractivity contribution in [2.24, 2.45) is 5.41 Å². The molecule has 2 aliphatic heterocycles. The molecule has 3 aromatic rings. The lowest BCUT2D eigenvalue weighted by Crippen LogP contribution is -2.45. The first-order valence-corrected chi connectivity index (χ1v) is 16.0. The van der Waals surface area contributed by atoms with Gasteiger partial charge in [-0.1, -0.05) is 18.2 Å². The van der Waals surface area contributed by atoms with Gasteiger partial charge in [0.1, 0.15) is 6.33 Å². The van der Waals surface area contributed by atoms with Gasteiger partial charge in [-0.15, -0.1) is 9.90 Å². The molecule has 4 aliphatic rings. The molecule has 13 heteroatoms. The second kappa shape index (κ2) is 12.2. The number of piperidine rings is 1. The maximum absolute atomic E-state index is 14.1. The van der Waals surface area contributed by atoms with Gasteiger partial charge in [-0.3, -0.25) is 19.5 Å². The first-order chi connectivity index (χ1) is 22.3. The van der Waals surface area contributed by atoms with Crippen molar-refractivity contribution in [3.63, 3.8) is 0 Å². The number of aromatic amines is 1. The van der Waals surface area contributed by atoms with Crippen LogP contribution in [0.3, 0.4) is 0 Å². The van der Waals surface area contributed by atoms with E-state index in [2.05, 4.69) is 42.9 Å². The first-order valence-electron chi connectivity index (χ1n) is 16.0. The number of rotatable bonds is 8. The molecule has 2 amide bonds. The molecule has 4 heterocycles. The molecule has 1 saturated carbocycles. The Bertz CT molecular complexity index is 1710. The van der Waals surface area contributed by atoms with Crippen molar-refractivity contribution in [2.45, 2.75) is 57.8 Å². The highest BCUT2D eigenvalue weighted by Gasteiger charge is 2.48. The minimum Gasteiger partial charge on any atom is -0.504 e. The summed E-state index contributed by atoms with van der Waals surface area (Å²) in [6, 6.07) is 7.99. The van der Waals surface area contributed by atoms with Crippen molar-refractivity contribution >= 4 is 29.0 Å². The third-order valence-corrected chi connectivity index (χ3v) is 9.69. The Hall–Kier alpha value is -4.78. The minimum atomic E-state index is -0.500. The average Bonchev–Trinajstić information content (AvgIpc) is 3.84. The highest BCUT2D eigenvalue weighted by molar-refractivity contribution is 5.98. The van der Waals surface area contributed by atoms with E-state index >= 15 is 0 Å². The van der Waals surface area contributed by atoms with Gasteiger partial charge < -0.3 is 25.4 Å². The van der Waals surface area contributed by atoms with Crippen LogP contribution in [0.5, 0.6) is 5.75 Å². The summed E-state index contributed by atoms with van der Waals surface area (Å²) in [6.45, 7) is 3.53. The lowest BCUT2D eigenvalue weighted by Gasteiger charge is -2.40. The molecule has 0 unspecified atom stereocenters. The number of carbonyl (C=O) groups is 3. The highest BCUT2D eigenvalue weighted by Crippen LogP contribution is 2.50. The normalized spacial score (nSPS) is 19.3. The third-order valence-electron chi connectivity index (χ3n) is 9.69. The van der Waals surface area contributed by atoms with E-state index in [0.29, 0.717) is 75.0 Å². The van der Waals surface area contributed by atoms with Gasteiger partial charge in [0.15, 0.2) is 17.3 Å².